The molecule has 0 amide bonds. The minimum atomic E-state index is -0.215. The van der Waals surface area contributed by atoms with Gasteiger partial charge in [0.15, 0.2) is 0 Å². The number of hydrogen-bond acceptors (Lipinski definition) is 4. The maximum Gasteiger partial charge on any atom is 0.308 e. The fraction of sp³-hybridized carbons (Fsp3) is 0.875. The third-order valence-corrected chi connectivity index (χ3v) is 3.60. The molecular weight excluding hydrogens is 256 g/mol. The summed E-state index contributed by atoms with van der Waals surface area (Å²) in [7, 11) is 2.81. The minimum absolute atomic E-state index is 0.0733. The Balaban J connectivity index is 3.85. The zero-order valence-corrected chi connectivity index (χ0v) is 13.3. The largest absolute Gasteiger partial charge is 0.469 e. The van der Waals surface area contributed by atoms with Crippen molar-refractivity contribution in [2.75, 3.05) is 14.2 Å². The molecule has 0 fully saturated rings. The van der Waals surface area contributed by atoms with Crippen molar-refractivity contribution in [2.45, 2.75) is 71.1 Å². The highest BCUT2D eigenvalue weighted by Crippen LogP contribution is 2.19. The van der Waals surface area contributed by atoms with Crippen LogP contribution in [0.25, 0.3) is 0 Å². The van der Waals surface area contributed by atoms with E-state index in [4.69, 9.17) is 4.74 Å². The van der Waals surface area contributed by atoms with Crippen molar-refractivity contribution in [2.24, 2.45) is 5.92 Å². The van der Waals surface area contributed by atoms with E-state index < -0.39 is 0 Å². The zero-order valence-electron chi connectivity index (χ0n) is 13.3. The van der Waals surface area contributed by atoms with E-state index in [1.54, 1.807) is 0 Å². The molecule has 0 heterocycles. The maximum atomic E-state index is 11.7. The quantitative estimate of drug-likeness (QED) is 0.404. The van der Waals surface area contributed by atoms with Crippen molar-refractivity contribution in [3.63, 3.8) is 0 Å². The van der Waals surface area contributed by atoms with Gasteiger partial charge in [-0.25, -0.2) is 0 Å². The molecule has 0 aromatic carbocycles. The van der Waals surface area contributed by atoms with E-state index in [-0.39, 0.29) is 17.9 Å². The molecular formula is C16H30O4. The van der Waals surface area contributed by atoms with Gasteiger partial charge in [0.2, 0.25) is 0 Å². The van der Waals surface area contributed by atoms with Crippen LogP contribution in [0.1, 0.15) is 71.1 Å². The summed E-state index contributed by atoms with van der Waals surface area (Å²) >= 11 is 0. The first-order chi connectivity index (χ1) is 9.65. The summed E-state index contributed by atoms with van der Waals surface area (Å²) in [5, 5.41) is 0. The van der Waals surface area contributed by atoms with Gasteiger partial charge in [0.05, 0.1) is 20.1 Å². The molecule has 0 bridgehead atoms. The molecule has 0 radical (unpaired) electrons. The van der Waals surface area contributed by atoms with Crippen LogP contribution >= 0.6 is 0 Å². The molecule has 0 saturated heterocycles. The normalized spacial score (nSPS) is 11.9. The van der Waals surface area contributed by atoms with Crippen LogP contribution in [0.2, 0.25) is 0 Å². The molecule has 0 saturated carbocycles. The Hall–Kier alpha value is -1.06. The summed E-state index contributed by atoms with van der Waals surface area (Å²) in [6.45, 7) is 2.20. The Morgan fingerprint density at radius 2 is 1.45 bits per heavy atom. The molecule has 4 heteroatoms. The van der Waals surface area contributed by atoms with E-state index in [0.717, 1.165) is 12.8 Å². The van der Waals surface area contributed by atoms with Crippen LogP contribution in [-0.4, -0.2) is 26.2 Å². The van der Waals surface area contributed by atoms with Gasteiger partial charge in [-0.05, 0) is 19.3 Å². The number of rotatable bonds is 12. The number of hydrogen-bond donors (Lipinski definition) is 0. The summed E-state index contributed by atoms with van der Waals surface area (Å²) in [5.74, 6) is -0.438. The molecule has 0 rings (SSSR count). The van der Waals surface area contributed by atoms with E-state index >= 15 is 0 Å². The average molecular weight is 286 g/mol. The van der Waals surface area contributed by atoms with Crippen LogP contribution < -0.4 is 0 Å². The molecule has 0 aliphatic heterocycles. The third kappa shape index (κ3) is 9.82. The molecule has 0 aromatic rings. The Morgan fingerprint density at radius 3 is 2.05 bits per heavy atom. The summed E-state index contributed by atoms with van der Waals surface area (Å²) in [5.41, 5.74) is 0. The Morgan fingerprint density at radius 1 is 0.850 bits per heavy atom. The number of ether oxygens (including phenoxy) is 2. The number of carbonyl (C=O) groups is 2. The lowest BCUT2D eigenvalue weighted by atomic mass is 9.95. The van der Waals surface area contributed by atoms with Gasteiger partial charge in [-0.3, -0.25) is 9.59 Å². The third-order valence-electron chi connectivity index (χ3n) is 3.60. The number of methoxy groups -OCH3 is 2. The van der Waals surface area contributed by atoms with E-state index in [1.165, 1.54) is 46.3 Å². The SMILES string of the molecule is CCCCCCCCC(CCCC(=O)OC)C(=O)OC. The smallest absolute Gasteiger partial charge is 0.308 e. The van der Waals surface area contributed by atoms with Gasteiger partial charge in [-0.2, -0.15) is 0 Å². The summed E-state index contributed by atoms with van der Waals surface area (Å²) < 4.78 is 9.44. The molecule has 0 spiro atoms. The average Bonchev–Trinajstić information content (AvgIpc) is 2.47. The second-order valence-electron chi connectivity index (χ2n) is 5.24. The predicted octanol–water partition coefficient (Wildman–Crippen LogP) is 3.87. The highest BCUT2D eigenvalue weighted by Gasteiger charge is 2.18. The molecule has 0 aliphatic carbocycles. The number of carbonyl (C=O) groups excluding carboxylic acids is 2. The van der Waals surface area contributed by atoms with Gasteiger partial charge >= 0.3 is 11.9 Å². The van der Waals surface area contributed by atoms with Crippen LogP contribution in [0.5, 0.6) is 0 Å². The summed E-state index contributed by atoms with van der Waals surface area (Å²) in [6.07, 6.45) is 9.91. The Kier molecular flexibility index (Phi) is 12.3. The highest BCUT2D eigenvalue weighted by atomic mass is 16.5. The molecule has 1 atom stereocenters. The molecule has 4 nitrogen and oxygen atoms in total. The van der Waals surface area contributed by atoms with Crippen LogP contribution in [0.4, 0.5) is 0 Å². The molecule has 0 N–H and O–H groups in total. The highest BCUT2D eigenvalue weighted by molar-refractivity contribution is 5.72. The van der Waals surface area contributed by atoms with Gasteiger partial charge in [0.1, 0.15) is 0 Å². The van der Waals surface area contributed by atoms with Gasteiger partial charge in [0.25, 0.3) is 0 Å². The van der Waals surface area contributed by atoms with E-state index in [0.29, 0.717) is 19.3 Å². The van der Waals surface area contributed by atoms with Gasteiger partial charge < -0.3 is 9.47 Å². The van der Waals surface area contributed by atoms with E-state index in [9.17, 15) is 9.59 Å². The molecule has 1 unspecified atom stereocenters. The fourth-order valence-electron chi connectivity index (χ4n) is 2.31. The van der Waals surface area contributed by atoms with Crippen molar-refractivity contribution in [1.29, 1.82) is 0 Å². The van der Waals surface area contributed by atoms with Gasteiger partial charge in [0, 0.05) is 6.42 Å². The van der Waals surface area contributed by atoms with Crippen LogP contribution in [0.3, 0.4) is 0 Å². The second-order valence-corrected chi connectivity index (χ2v) is 5.24. The monoisotopic (exact) mass is 286 g/mol. The second kappa shape index (κ2) is 12.9. The van der Waals surface area contributed by atoms with E-state index in [2.05, 4.69) is 11.7 Å². The Labute approximate surface area is 123 Å². The van der Waals surface area contributed by atoms with Gasteiger partial charge in [-0.15, -0.1) is 0 Å². The number of esters is 2. The van der Waals surface area contributed by atoms with Crippen LogP contribution in [-0.2, 0) is 19.1 Å². The van der Waals surface area contributed by atoms with Crippen molar-refractivity contribution in [3.05, 3.63) is 0 Å². The maximum absolute atomic E-state index is 11.7. The van der Waals surface area contributed by atoms with Crippen molar-refractivity contribution >= 4 is 11.9 Å². The standard InChI is InChI=1S/C16H30O4/c1-4-5-6-7-8-9-11-14(16(18)20-3)12-10-13-15(17)19-2/h14H,4-13H2,1-3H3. The molecule has 0 aliphatic rings. The first-order valence-corrected chi connectivity index (χ1v) is 7.80. The molecule has 20 heavy (non-hydrogen) atoms. The Bertz CT molecular complexity index is 263. The van der Waals surface area contributed by atoms with Crippen molar-refractivity contribution in [3.8, 4) is 0 Å². The summed E-state index contributed by atoms with van der Waals surface area (Å²) in [6, 6.07) is 0. The molecule has 0 aromatic heterocycles. The lowest BCUT2D eigenvalue weighted by Crippen LogP contribution is -2.17. The van der Waals surface area contributed by atoms with Crippen LogP contribution in [0, 0.1) is 5.92 Å². The number of unbranched alkanes of at least 4 members (excludes halogenated alkanes) is 5. The zero-order chi connectivity index (χ0) is 15.2. The molecule has 118 valence electrons. The first-order valence-electron chi connectivity index (χ1n) is 7.80. The van der Waals surface area contributed by atoms with Crippen molar-refractivity contribution < 1.29 is 19.1 Å². The minimum Gasteiger partial charge on any atom is -0.469 e. The first kappa shape index (κ1) is 18.9. The predicted molar refractivity (Wildman–Crippen MR) is 79.4 cm³/mol. The topological polar surface area (TPSA) is 52.6 Å². The fourth-order valence-corrected chi connectivity index (χ4v) is 2.31. The van der Waals surface area contributed by atoms with Crippen LogP contribution in [0.15, 0.2) is 0 Å². The van der Waals surface area contributed by atoms with E-state index in [1.807, 2.05) is 0 Å². The lowest BCUT2D eigenvalue weighted by Gasteiger charge is -2.14. The lowest BCUT2D eigenvalue weighted by molar-refractivity contribution is -0.147. The van der Waals surface area contributed by atoms with Gasteiger partial charge in [-0.1, -0.05) is 45.4 Å². The van der Waals surface area contributed by atoms with Crippen molar-refractivity contribution in [1.82, 2.24) is 0 Å². The summed E-state index contributed by atoms with van der Waals surface area (Å²) in [4.78, 5) is 22.7.